The molecule has 0 atom stereocenters. The lowest BCUT2D eigenvalue weighted by atomic mass is 10.3. The van der Waals surface area contributed by atoms with Gasteiger partial charge in [0.2, 0.25) is 17.8 Å². The van der Waals surface area contributed by atoms with Crippen molar-refractivity contribution in [2.45, 2.75) is 46.1 Å². The number of hydrogen-bond donors (Lipinski definition) is 3. The molecule has 2 rings (SSSR count). The Morgan fingerprint density at radius 2 is 1.58 bits per heavy atom. The monoisotopic (exact) mass is 460 g/mol. The van der Waals surface area contributed by atoms with Crippen molar-refractivity contribution in [1.82, 2.24) is 19.9 Å². The second kappa shape index (κ2) is 17.0. The predicted molar refractivity (Wildman–Crippen MR) is 133 cm³/mol. The number of nitrogens with zero attached hydrogens (tertiary/aromatic N) is 5. The summed E-state index contributed by atoms with van der Waals surface area (Å²) in [6, 6.07) is 5.84. The number of hydrogen-bond acceptors (Lipinski definition) is 10. The van der Waals surface area contributed by atoms with Crippen molar-refractivity contribution in [2.75, 3.05) is 68.1 Å². The van der Waals surface area contributed by atoms with Gasteiger partial charge >= 0.3 is 0 Å². The number of anilines is 3. The highest BCUT2D eigenvalue weighted by Gasteiger charge is 2.13. The van der Waals surface area contributed by atoms with Gasteiger partial charge in [-0.15, -0.1) is 0 Å². The second-order valence-electron chi connectivity index (χ2n) is 7.59. The SMILES string of the molecule is CCCCN(CCCC)c1nc(NCCOCCOCCN)nc(NCc2ccccn2)n1. The zero-order chi connectivity index (χ0) is 23.6. The molecule has 33 heavy (non-hydrogen) atoms. The molecule has 0 saturated carbocycles. The summed E-state index contributed by atoms with van der Waals surface area (Å²) in [5.41, 5.74) is 6.33. The molecular weight excluding hydrogens is 420 g/mol. The van der Waals surface area contributed by atoms with Crippen molar-refractivity contribution in [3.63, 3.8) is 0 Å². The zero-order valence-electron chi connectivity index (χ0n) is 20.1. The third kappa shape index (κ3) is 11.2. The minimum absolute atomic E-state index is 0.521. The molecule has 0 aliphatic heterocycles. The number of pyridine rings is 1. The summed E-state index contributed by atoms with van der Waals surface area (Å²) in [4.78, 5) is 20.6. The van der Waals surface area contributed by atoms with E-state index in [4.69, 9.17) is 25.2 Å². The Morgan fingerprint density at radius 1 is 0.879 bits per heavy atom. The largest absolute Gasteiger partial charge is 0.378 e. The quantitative estimate of drug-likeness (QED) is 0.270. The smallest absolute Gasteiger partial charge is 0.231 e. The normalized spacial score (nSPS) is 10.9. The molecule has 0 amide bonds. The molecule has 0 unspecified atom stereocenters. The van der Waals surface area contributed by atoms with Crippen molar-refractivity contribution >= 4 is 17.8 Å². The van der Waals surface area contributed by atoms with Gasteiger partial charge in [-0.3, -0.25) is 4.98 Å². The van der Waals surface area contributed by atoms with Crippen LogP contribution in [0, 0.1) is 0 Å². The lowest BCUT2D eigenvalue weighted by molar-refractivity contribution is 0.0547. The maximum Gasteiger partial charge on any atom is 0.231 e. The molecule has 184 valence electrons. The number of nitrogens with one attached hydrogen (secondary N) is 2. The van der Waals surface area contributed by atoms with Crippen molar-refractivity contribution in [1.29, 1.82) is 0 Å². The molecule has 0 aliphatic carbocycles. The summed E-state index contributed by atoms with van der Waals surface area (Å²) in [7, 11) is 0. The standard InChI is InChI=1S/C23H40N8O2/c1-3-5-13-31(14-6-4-2)23-29-21(26-12-16-33-18-17-32-15-10-24)28-22(30-23)27-19-20-9-7-8-11-25-20/h7-9,11H,3-6,10,12-19,24H2,1-2H3,(H2,26,27,28,29,30). The first-order valence-electron chi connectivity index (χ1n) is 12.0. The van der Waals surface area contributed by atoms with E-state index in [-0.39, 0.29) is 0 Å². The van der Waals surface area contributed by atoms with E-state index in [1.807, 2.05) is 18.2 Å². The molecule has 0 fully saturated rings. The Balaban J connectivity index is 2.02. The van der Waals surface area contributed by atoms with Crippen LogP contribution in [-0.4, -0.2) is 72.5 Å². The van der Waals surface area contributed by atoms with Crippen LogP contribution in [0.5, 0.6) is 0 Å². The number of rotatable bonds is 19. The average Bonchev–Trinajstić information content (AvgIpc) is 2.85. The molecule has 0 bridgehead atoms. The summed E-state index contributed by atoms with van der Waals surface area (Å²) in [6.45, 7) is 10.0. The summed E-state index contributed by atoms with van der Waals surface area (Å²) >= 11 is 0. The molecule has 0 saturated heterocycles. The molecule has 10 nitrogen and oxygen atoms in total. The van der Waals surface area contributed by atoms with Crippen LogP contribution >= 0.6 is 0 Å². The fourth-order valence-corrected chi connectivity index (χ4v) is 2.99. The molecule has 10 heteroatoms. The molecule has 4 N–H and O–H groups in total. The minimum Gasteiger partial charge on any atom is -0.378 e. The van der Waals surface area contributed by atoms with Gasteiger partial charge in [0.15, 0.2) is 0 Å². The first-order valence-corrected chi connectivity index (χ1v) is 12.0. The molecule has 2 aromatic rings. The van der Waals surface area contributed by atoms with Crippen LogP contribution in [0.4, 0.5) is 17.8 Å². The molecule has 0 aliphatic rings. The van der Waals surface area contributed by atoms with Crippen LogP contribution in [0.25, 0.3) is 0 Å². The zero-order valence-corrected chi connectivity index (χ0v) is 20.1. The number of nitrogens with two attached hydrogens (primary N) is 1. The highest BCUT2D eigenvalue weighted by molar-refractivity contribution is 5.44. The van der Waals surface area contributed by atoms with Crippen molar-refractivity contribution in [3.05, 3.63) is 30.1 Å². The fourth-order valence-electron chi connectivity index (χ4n) is 2.99. The summed E-state index contributed by atoms with van der Waals surface area (Å²) < 4.78 is 10.9. The second-order valence-corrected chi connectivity index (χ2v) is 7.59. The van der Waals surface area contributed by atoms with Gasteiger partial charge in [-0.05, 0) is 25.0 Å². The van der Waals surface area contributed by atoms with E-state index in [0.717, 1.165) is 44.5 Å². The van der Waals surface area contributed by atoms with Crippen molar-refractivity contribution in [2.24, 2.45) is 5.73 Å². The Bertz CT molecular complexity index is 742. The van der Waals surface area contributed by atoms with E-state index < -0.39 is 0 Å². The van der Waals surface area contributed by atoms with Gasteiger partial charge in [0.05, 0.1) is 38.7 Å². The highest BCUT2D eigenvalue weighted by atomic mass is 16.5. The summed E-state index contributed by atoms with van der Waals surface area (Å²) in [6.07, 6.45) is 6.21. The first kappa shape index (κ1) is 26.7. The van der Waals surface area contributed by atoms with E-state index in [1.54, 1.807) is 6.20 Å². The van der Waals surface area contributed by atoms with Gasteiger partial charge in [0.25, 0.3) is 0 Å². The van der Waals surface area contributed by atoms with Gasteiger partial charge in [0, 0.05) is 32.4 Å². The van der Waals surface area contributed by atoms with E-state index in [9.17, 15) is 0 Å². The third-order valence-corrected chi connectivity index (χ3v) is 4.79. The van der Waals surface area contributed by atoms with Crippen molar-refractivity contribution < 1.29 is 9.47 Å². The third-order valence-electron chi connectivity index (χ3n) is 4.79. The van der Waals surface area contributed by atoms with Crippen LogP contribution in [0.1, 0.15) is 45.2 Å². The van der Waals surface area contributed by atoms with E-state index in [0.29, 0.717) is 63.9 Å². The van der Waals surface area contributed by atoms with Gasteiger partial charge in [0.1, 0.15) is 0 Å². The summed E-state index contributed by atoms with van der Waals surface area (Å²) in [5.74, 6) is 1.75. The molecular formula is C23H40N8O2. The fraction of sp³-hybridized carbons (Fsp3) is 0.652. The Hall–Kier alpha value is -2.56. The maximum absolute atomic E-state index is 5.59. The van der Waals surface area contributed by atoms with E-state index in [2.05, 4.69) is 39.3 Å². The van der Waals surface area contributed by atoms with Crippen LogP contribution in [0.3, 0.4) is 0 Å². The Labute approximate surface area is 197 Å². The van der Waals surface area contributed by atoms with Crippen LogP contribution in [0.15, 0.2) is 24.4 Å². The number of ether oxygens (including phenoxy) is 2. The lowest BCUT2D eigenvalue weighted by Crippen LogP contribution is -2.28. The van der Waals surface area contributed by atoms with Gasteiger partial charge < -0.3 is 30.7 Å². The minimum atomic E-state index is 0.521. The van der Waals surface area contributed by atoms with Gasteiger partial charge in [-0.2, -0.15) is 15.0 Å². The highest BCUT2D eigenvalue weighted by Crippen LogP contribution is 2.16. The van der Waals surface area contributed by atoms with Crippen LogP contribution < -0.4 is 21.3 Å². The molecule has 0 aromatic carbocycles. The molecule has 0 spiro atoms. The average molecular weight is 461 g/mol. The molecule has 2 heterocycles. The van der Waals surface area contributed by atoms with Crippen molar-refractivity contribution in [3.8, 4) is 0 Å². The van der Waals surface area contributed by atoms with Crippen LogP contribution in [0.2, 0.25) is 0 Å². The number of aromatic nitrogens is 4. The topological polar surface area (TPSA) is 123 Å². The predicted octanol–water partition coefficient (Wildman–Crippen LogP) is 2.69. The Kier molecular flexibility index (Phi) is 13.7. The first-order chi connectivity index (χ1) is 16.3. The van der Waals surface area contributed by atoms with Gasteiger partial charge in [-0.25, -0.2) is 0 Å². The molecule has 0 radical (unpaired) electrons. The van der Waals surface area contributed by atoms with Crippen LogP contribution in [-0.2, 0) is 16.0 Å². The summed E-state index contributed by atoms with van der Waals surface area (Å²) in [5, 5.41) is 6.55. The lowest BCUT2D eigenvalue weighted by Gasteiger charge is -2.23. The molecule has 2 aromatic heterocycles. The number of unbranched alkanes of at least 4 members (excludes halogenated alkanes) is 2. The van der Waals surface area contributed by atoms with E-state index >= 15 is 0 Å². The Morgan fingerprint density at radius 3 is 2.21 bits per heavy atom. The van der Waals surface area contributed by atoms with E-state index in [1.165, 1.54) is 0 Å². The van der Waals surface area contributed by atoms with Gasteiger partial charge in [-0.1, -0.05) is 32.8 Å². The maximum atomic E-state index is 5.59.